The highest BCUT2D eigenvalue weighted by molar-refractivity contribution is 5.95. The van der Waals surface area contributed by atoms with Gasteiger partial charge in [0.2, 0.25) is 5.91 Å². The summed E-state index contributed by atoms with van der Waals surface area (Å²) in [7, 11) is 0. The summed E-state index contributed by atoms with van der Waals surface area (Å²) < 4.78 is 1.70. The van der Waals surface area contributed by atoms with E-state index in [-0.39, 0.29) is 37.3 Å². The smallest absolute Gasteiger partial charge is 0.317 e. The van der Waals surface area contributed by atoms with Crippen molar-refractivity contribution in [1.82, 2.24) is 20.1 Å². The summed E-state index contributed by atoms with van der Waals surface area (Å²) in [6.45, 7) is 2.20. The van der Waals surface area contributed by atoms with Crippen LogP contribution in [0.3, 0.4) is 0 Å². The number of anilines is 1. The number of carbonyl (C=O) groups is 2. The number of benzene rings is 1. The van der Waals surface area contributed by atoms with Gasteiger partial charge < -0.3 is 10.4 Å². The molecule has 8 nitrogen and oxygen atoms in total. The van der Waals surface area contributed by atoms with Gasteiger partial charge in [0.1, 0.15) is 5.82 Å². The van der Waals surface area contributed by atoms with E-state index >= 15 is 0 Å². The molecule has 0 spiro atoms. The van der Waals surface area contributed by atoms with Crippen LogP contribution in [0.5, 0.6) is 0 Å². The van der Waals surface area contributed by atoms with Gasteiger partial charge in [-0.1, -0.05) is 30.3 Å². The van der Waals surface area contributed by atoms with Crippen LogP contribution in [0.4, 0.5) is 5.82 Å². The first-order chi connectivity index (χ1) is 14.1. The van der Waals surface area contributed by atoms with Crippen molar-refractivity contribution in [3.8, 4) is 11.3 Å². The van der Waals surface area contributed by atoms with Gasteiger partial charge in [0, 0.05) is 30.6 Å². The maximum Gasteiger partial charge on any atom is 0.317 e. The van der Waals surface area contributed by atoms with Gasteiger partial charge in [-0.15, -0.1) is 24.8 Å². The standard InChI is InChI=1S/C21H23N5O3.2ClH/c1-2-26-19(13-17(25-26)16-8-10-22-11-9-16)24-21(29)18(23-14-20(27)28)12-15-6-4-3-5-7-15;;/h3-11,13,18,23H,2,12,14H2,1H3,(H,24,29)(H,27,28);2*1H/t18-;;/m0../s1. The fourth-order valence-corrected chi connectivity index (χ4v) is 2.95. The minimum Gasteiger partial charge on any atom is -0.480 e. The van der Waals surface area contributed by atoms with Crippen LogP contribution in [-0.4, -0.2) is 44.3 Å². The number of nitrogens with one attached hydrogen (secondary N) is 2. The second-order valence-electron chi connectivity index (χ2n) is 6.47. The molecule has 0 aliphatic heterocycles. The second-order valence-corrected chi connectivity index (χ2v) is 6.47. The molecule has 2 heterocycles. The molecule has 166 valence electrons. The van der Waals surface area contributed by atoms with Crippen LogP contribution in [-0.2, 0) is 22.6 Å². The monoisotopic (exact) mass is 465 g/mol. The number of hydrogen-bond acceptors (Lipinski definition) is 5. The predicted octanol–water partition coefficient (Wildman–Crippen LogP) is 3.03. The number of carbonyl (C=O) groups excluding carboxylic acids is 1. The molecule has 0 saturated heterocycles. The highest BCUT2D eigenvalue weighted by Gasteiger charge is 2.21. The summed E-state index contributed by atoms with van der Waals surface area (Å²) in [5.74, 6) is -0.778. The summed E-state index contributed by atoms with van der Waals surface area (Å²) in [6.07, 6.45) is 3.74. The molecule has 0 radical (unpaired) electrons. The molecule has 2 aromatic heterocycles. The first-order valence-electron chi connectivity index (χ1n) is 9.35. The third-order valence-electron chi connectivity index (χ3n) is 4.41. The molecular formula is C21H25Cl2N5O3. The zero-order chi connectivity index (χ0) is 20.6. The number of aliphatic carboxylic acids is 1. The fourth-order valence-electron chi connectivity index (χ4n) is 2.95. The molecule has 0 aliphatic carbocycles. The Kier molecular flexibility index (Phi) is 10.7. The highest BCUT2D eigenvalue weighted by atomic mass is 35.5. The quantitative estimate of drug-likeness (QED) is 0.447. The van der Waals surface area contributed by atoms with Crippen molar-refractivity contribution in [2.24, 2.45) is 0 Å². The van der Waals surface area contributed by atoms with Gasteiger partial charge in [0.05, 0.1) is 18.3 Å². The average molecular weight is 466 g/mol. The van der Waals surface area contributed by atoms with E-state index in [1.54, 1.807) is 23.1 Å². The van der Waals surface area contributed by atoms with Crippen molar-refractivity contribution in [1.29, 1.82) is 0 Å². The molecular weight excluding hydrogens is 441 g/mol. The van der Waals surface area contributed by atoms with Crippen LogP contribution in [0.25, 0.3) is 11.3 Å². The van der Waals surface area contributed by atoms with E-state index in [1.807, 2.05) is 49.4 Å². The Hall–Kier alpha value is -2.94. The number of hydrogen-bond donors (Lipinski definition) is 3. The van der Waals surface area contributed by atoms with Gasteiger partial charge in [0.15, 0.2) is 0 Å². The summed E-state index contributed by atoms with van der Waals surface area (Å²) >= 11 is 0. The highest BCUT2D eigenvalue weighted by Crippen LogP contribution is 2.21. The normalized spacial score (nSPS) is 11.0. The molecule has 3 N–H and O–H groups in total. The van der Waals surface area contributed by atoms with Crippen LogP contribution in [0.1, 0.15) is 12.5 Å². The molecule has 31 heavy (non-hydrogen) atoms. The van der Waals surface area contributed by atoms with Crippen LogP contribution in [0.15, 0.2) is 60.9 Å². The van der Waals surface area contributed by atoms with E-state index in [2.05, 4.69) is 20.7 Å². The van der Waals surface area contributed by atoms with Crippen molar-refractivity contribution in [3.05, 3.63) is 66.5 Å². The maximum atomic E-state index is 12.9. The maximum absolute atomic E-state index is 12.9. The van der Waals surface area contributed by atoms with E-state index in [4.69, 9.17) is 5.11 Å². The number of amides is 1. The van der Waals surface area contributed by atoms with Crippen LogP contribution in [0, 0.1) is 0 Å². The lowest BCUT2D eigenvalue weighted by molar-refractivity contribution is -0.136. The predicted molar refractivity (Wildman–Crippen MR) is 124 cm³/mol. The van der Waals surface area contributed by atoms with E-state index in [0.29, 0.717) is 18.8 Å². The minimum absolute atomic E-state index is 0. The number of carboxylic acid groups (broad SMARTS) is 1. The van der Waals surface area contributed by atoms with Gasteiger partial charge in [-0.25, -0.2) is 4.68 Å². The van der Waals surface area contributed by atoms with Crippen LogP contribution >= 0.6 is 24.8 Å². The zero-order valence-corrected chi connectivity index (χ0v) is 18.5. The van der Waals surface area contributed by atoms with Crippen molar-refractivity contribution in [2.75, 3.05) is 11.9 Å². The average Bonchev–Trinajstić information content (AvgIpc) is 3.15. The zero-order valence-electron chi connectivity index (χ0n) is 16.9. The summed E-state index contributed by atoms with van der Waals surface area (Å²) in [6, 6.07) is 14.3. The van der Waals surface area contributed by atoms with Gasteiger partial charge >= 0.3 is 5.97 Å². The van der Waals surface area contributed by atoms with Gasteiger partial charge in [0.25, 0.3) is 0 Å². The number of nitrogens with zero attached hydrogens (tertiary/aromatic N) is 3. The lowest BCUT2D eigenvalue weighted by Crippen LogP contribution is -2.44. The topological polar surface area (TPSA) is 109 Å². The van der Waals surface area contributed by atoms with Gasteiger partial charge in [-0.2, -0.15) is 5.10 Å². The number of rotatable bonds is 9. The summed E-state index contributed by atoms with van der Waals surface area (Å²) in [5, 5.41) is 19.2. The Morgan fingerprint density at radius 3 is 2.39 bits per heavy atom. The van der Waals surface area contributed by atoms with E-state index in [1.165, 1.54) is 0 Å². The number of aromatic nitrogens is 3. The Morgan fingerprint density at radius 2 is 1.77 bits per heavy atom. The van der Waals surface area contributed by atoms with E-state index < -0.39 is 12.0 Å². The van der Waals surface area contributed by atoms with Crippen LogP contribution in [0.2, 0.25) is 0 Å². The first-order valence-corrected chi connectivity index (χ1v) is 9.35. The molecule has 3 aromatic rings. The van der Waals surface area contributed by atoms with Crippen molar-refractivity contribution < 1.29 is 14.7 Å². The minimum atomic E-state index is -1.02. The second kappa shape index (κ2) is 12.7. The Labute approximate surface area is 192 Å². The van der Waals surface area contributed by atoms with Crippen LogP contribution < -0.4 is 10.6 Å². The number of aryl methyl sites for hydroxylation is 1. The SMILES string of the molecule is CCn1nc(-c2ccncc2)cc1NC(=O)[C@H](Cc1ccccc1)NCC(=O)O.Cl.Cl. The third kappa shape index (κ3) is 7.36. The molecule has 0 bridgehead atoms. The molecule has 1 amide bonds. The molecule has 0 saturated carbocycles. The van der Waals surface area contributed by atoms with E-state index in [0.717, 1.165) is 16.8 Å². The van der Waals surface area contributed by atoms with Crippen molar-refractivity contribution >= 4 is 42.5 Å². The fraction of sp³-hybridized carbons (Fsp3) is 0.238. The van der Waals surface area contributed by atoms with E-state index in [9.17, 15) is 9.59 Å². The van der Waals surface area contributed by atoms with Crippen molar-refractivity contribution in [3.63, 3.8) is 0 Å². The number of pyridine rings is 1. The van der Waals surface area contributed by atoms with Crippen molar-refractivity contribution in [2.45, 2.75) is 25.9 Å². The Balaban J connectivity index is 0.00000240. The molecule has 0 fully saturated rings. The lowest BCUT2D eigenvalue weighted by Gasteiger charge is -2.18. The molecule has 3 rings (SSSR count). The number of carboxylic acids is 1. The largest absolute Gasteiger partial charge is 0.480 e. The Bertz CT molecular complexity index is 968. The van der Waals surface area contributed by atoms with Gasteiger partial charge in [-0.3, -0.25) is 19.9 Å². The molecule has 1 atom stereocenters. The molecule has 0 unspecified atom stereocenters. The molecule has 1 aromatic carbocycles. The third-order valence-corrected chi connectivity index (χ3v) is 4.41. The summed E-state index contributed by atoms with van der Waals surface area (Å²) in [4.78, 5) is 27.9. The lowest BCUT2D eigenvalue weighted by atomic mass is 10.1. The molecule has 0 aliphatic rings. The number of halogens is 2. The first kappa shape index (κ1) is 26.1. The summed E-state index contributed by atoms with van der Waals surface area (Å²) in [5.41, 5.74) is 2.56. The molecule has 10 heteroatoms. The van der Waals surface area contributed by atoms with Gasteiger partial charge in [-0.05, 0) is 31.0 Å². The Morgan fingerprint density at radius 1 is 1.10 bits per heavy atom.